The number of hydrogen-bond donors (Lipinski definition) is 1. The average molecular weight is 231 g/mol. The van der Waals surface area contributed by atoms with Gasteiger partial charge in [-0.15, -0.1) is 0 Å². The van der Waals surface area contributed by atoms with E-state index in [1.54, 1.807) is 7.11 Å². The van der Waals surface area contributed by atoms with E-state index in [4.69, 9.17) is 4.74 Å². The summed E-state index contributed by atoms with van der Waals surface area (Å²) in [7, 11) is 1.72. The SMILES string of the molecule is COc1cccc2c1C1CCC(=O)NC1CC2. The topological polar surface area (TPSA) is 38.3 Å². The maximum Gasteiger partial charge on any atom is 0.220 e. The fourth-order valence-electron chi connectivity index (χ4n) is 3.20. The van der Waals surface area contributed by atoms with Crippen LogP contribution in [-0.4, -0.2) is 19.1 Å². The van der Waals surface area contributed by atoms with Crippen LogP contribution in [0, 0.1) is 0 Å². The van der Waals surface area contributed by atoms with Gasteiger partial charge in [-0.05, 0) is 30.9 Å². The van der Waals surface area contributed by atoms with Crippen LogP contribution in [0.5, 0.6) is 5.75 Å². The van der Waals surface area contributed by atoms with Gasteiger partial charge in [-0.2, -0.15) is 0 Å². The number of nitrogens with one attached hydrogen (secondary N) is 1. The molecule has 1 saturated heterocycles. The first-order chi connectivity index (χ1) is 8.29. The summed E-state index contributed by atoms with van der Waals surface area (Å²) in [4.78, 5) is 11.4. The monoisotopic (exact) mass is 231 g/mol. The van der Waals surface area contributed by atoms with E-state index >= 15 is 0 Å². The van der Waals surface area contributed by atoms with Gasteiger partial charge in [0.05, 0.1) is 7.11 Å². The van der Waals surface area contributed by atoms with E-state index < -0.39 is 0 Å². The molecule has 1 aromatic carbocycles. The lowest BCUT2D eigenvalue weighted by Gasteiger charge is -2.38. The minimum Gasteiger partial charge on any atom is -0.496 e. The van der Waals surface area contributed by atoms with Gasteiger partial charge in [0.2, 0.25) is 5.91 Å². The molecule has 1 heterocycles. The molecule has 1 fully saturated rings. The number of amides is 1. The number of ether oxygens (including phenoxy) is 1. The Balaban J connectivity index is 2.02. The molecule has 3 heteroatoms. The van der Waals surface area contributed by atoms with Crippen molar-refractivity contribution in [3.05, 3.63) is 29.3 Å². The molecule has 2 unspecified atom stereocenters. The van der Waals surface area contributed by atoms with Crippen molar-refractivity contribution in [1.82, 2.24) is 5.32 Å². The molecule has 90 valence electrons. The van der Waals surface area contributed by atoms with Crippen LogP contribution in [0.4, 0.5) is 0 Å². The van der Waals surface area contributed by atoms with Gasteiger partial charge in [0.25, 0.3) is 0 Å². The number of methoxy groups -OCH3 is 1. The van der Waals surface area contributed by atoms with Crippen molar-refractivity contribution in [2.24, 2.45) is 0 Å². The van der Waals surface area contributed by atoms with Crippen LogP contribution >= 0.6 is 0 Å². The van der Waals surface area contributed by atoms with E-state index in [9.17, 15) is 4.79 Å². The standard InChI is InChI=1S/C14H17NO2/c1-17-12-4-2-3-9-5-7-11-10(14(9)12)6-8-13(16)15-11/h2-4,10-11H,5-8H2,1H3,(H,15,16). The van der Waals surface area contributed by atoms with Gasteiger partial charge < -0.3 is 10.1 Å². The van der Waals surface area contributed by atoms with Crippen LogP contribution in [0.3, 0.4) is 0 Å². The fourth-order valence-corrected chi connectivity index (χ4v) is 3.20. The molecule has 0 spiro atoms. The average Bonchev–Trinajstić information content (AvgIpc) is 2.37. The van der Waals surface area contributed by atoms with Crippen LogP contribution in [0.15, 0.2) is 18.2 Å². The maximum absolute atomic E-state index is 11.4. The number of hydrogen-bond acceptors (Lipinski definition) is 2. The largest absolute Gasteiger partial charge is 0.496 e. The van der Waals surface area contributed by atoms with E-state index in [0.717, 1.165) is 25.0 Å². The molecule has 0 aromatic heterocycles. The quantitative estimate of drug-likeness (QED) is 0.803. The summed E-state index contributed by atoms with van der Waals surface area (Å²) < 4.78 is 5.48. The van der Waals surface area contributed by atoms with Crippen molar-refractivity contribution in [3.63, 3.8) is 0 Å². The molecule has 0 radical (unpaired) electrons. The van der Waals surface area contributed by atoms with Crippen molar-refractivity contribution >= 4 is 5.91 Å². The molecule has 3 rings (SSSR count). The number of aryl methyl sites for hydroxylation is 1. The fraction of sp³-hybridized carbons (Fsp3) is 0.500. The van der Waals surface area contributed by atoms with E-state index in [0.29, 0.717) is 18.4 Å². The Kier molecular flexibility index (Phi) is 2.54. The molecule has 17 heavy (non-hydrogen) atoms. The molecule has 2 aliphatic rings. The molecule has 3 nitrogen and oxygen atoms in total. The summed E-state index contributed by atoms with van der Waals surface area (Å²) in [6.07, 6.45) is 3.67. The highest BCUT2D eigenvalue weighted by atomic mass is 16.5. The second-order valence-electron chi connectivity index (χ2n) is 4.89. The first-order valence-corrected chi connectivity index (χ1v) is 6.24. The van der Waals surface area contributed by atoms with Crippen molar-refractivity contribution < 1.29 is 9.53 Å². The number of benzene rings is 1. The Morgan fingerprint density at radius 1 is 1.29 bits per heavy atom. The predicted octanol–water partition coefficient (Wildman–Crippen LogP) is 2.00. The smallest absolute Gasteiger partial charge is 0.220 e. The number of rotatable bonds is 1. The minimum absolute atomic E-state index is 0.199. The Hall–Kier alpha value is -1.51. The first kappa shape index (κ1) is 10.6. The van der Waals surface area contributed by atoms with Gasteiger partial charge in [0.1, 0.15) is 5.75 Å². The van der Waals surface area contributed by atoms with Crippen LogP contribution in [0.1, 0.15) is 36.3 Å². The summed E-state index contributed by atoms with van der Waals surface area (Å²) in [6, 6.07) is 6.57. The highest BCUT2D eigenvalue weighted by Crippen LogP contribution is 2.41. The second kappa shape index (κ2) is 4.06. The molecule has 1 N–H and O–H groups in total. The van der Waals surface area contributed by atoms with E-state index in [1.165, 1.54) is 11.1 Å². The van der Waals surface area contributed by atoms with Crippen LogP contribution < -0.4 is 10.1 Å². The molecule has 0 bridgehead atoms. The first-order valence-electron chi connectivity index (χ1n) is 6.24. The molecule has 1 aliphatic carbocycles. The third-order valence-electron chi connectivity index (χ3n) is 3.99. The van der Waals surface area contributed by atoms with Gasteiger partial charge in [0, 0.05) is 23.9 Å². The van der Waals surface area contributed by atoms with Crippen molar-refractivity contribution in [3.8, 4) is 5.75 Å². The van der Waals surface area contributed by atoms with Gasteiger partial charge in [-0.1, -0.05) is 12.1 Å². The summed E-state index contributed by atoms with van der Waals surface area (Å²) in [5, 5.41) is 3.12. The third kappa shape index (κ3) is 1.70. The molecule has 1 aliphatic heterocycles. The van der Waals surface area contributed by atoms with Crippen LogP contribution in [-0.2, 0) is 11.2 Å². The summed E-state index contributed by atoms with van der Waals surface area (Å²) in [6.45, 7) is 0. The van der Waals surface area contributed by atoms with E-state index in [1.807, 2.05) is 6.07 Å². The number of fused-ring (bicyclic) bond motifs is 3. The summed E-state index contributed by atoms with van der Waals surface area (Å²) >= 11 is 0. The highest BCUT2D eigenvalue weighted by Gasteiger charge is 2.35. The molecule has 2 atom stereocenters. The summed E-state index contributed by atoms with van der Waals surface area (Å²) in [5.41, 5.74) is 2.72. The van der Waals surface area contributed by atoms with Gasteiger partial charge in [-0.3, -0.25) is 4.79 Å². The number of carbonyl (C=O) groups is 1. The lowest BCUT2D eigenvalue weighted by molar-refractivity contribution is -0.123. The van der Waals surface area contributed by atoms with E-state index in [2.05, 4.69) is 17.4 Å². The zero-order valence-corrected chi connectivity index (χ0v) is 10.0. The molecule has 0 saturated carbocycles. The van der Waals surface area contributed by atoms with Gasteiger partial charge in [-0.25, -0.2) is 0 Å². The minimum atomic E-state index is 0.199. The zero-order valence-electron chi connectivity index (χ0n) is 10.0. The molecular formula is C14H17NO2. The highest BCUT2D eigenvalue weighted by molar-refractivity contribution is 5.77. The Labute approximate surface area is 101 Å². The molecular weight excluding hydrogens is 214 g/mol. The Morgan fingerprint density at radius 2 is 2.18 bits per heavy atom. The Bertz CT molecular complexity index is 441. The predicted molar refractivity (Wildman–Crippen MR) is 65.2 cm³/mol. The molecule has 1 aromatic rings. The normalized spacial score (nSPS) is 26.8. The third-order valence-corrected chi connectivity index (χ3v) is 3.99. The van der Waals surface area contributed by atoms with Gasteiger partial charge >= 0.3 is 0 Å². The van der Waals surface area contributed by atoms with E-state index in [-0.39, 0.29) is 5.91 Å². The zero-order chi connectivity index (χ0) is 11.8. The second-order valence-corrected chi connectivity index (χ2v) is 4.89. The molecule has 1 amide bonds. The lowest BCUT2D eigenvalue weighted by Crippen LogP contribution is -2.46. The summed E-state index contributed by atoms with van der Waals surface area (Å²) in [5.74, 6) is 1.62. The number of carbonyl (C=O) groups excluding carboxylic acids is 1. The van der Waals surface area contributed by atoms with Crippen LogP contribution in [0.2, 0.25) is 0 Å². The van der Waals surface area contributed by atoms with Crippen molar-refractivity contribution in [1.29, 1.82) is 0 Å². The lowest BCUT2D eigenvalue weighted by atomic mass is 9.74. The van der Waals surface area contributed by atoms with Crippen molar-refractivity contribution in [2.75, 3.05) is 7.11 Å². The van der Waals surface area contributed by atoms with Crippen LogP contribution in [0.25, 0.3) is 0 Å². The number of piperidine rings is 1. The van der Waals surface area contributed by atoms with Crippen molar-refractivity contribution in [2.45, 2.75) is 37.6 Å². The maximum atomic E-state index is 11.4. The Morgan fingerprint density at radius 3 is 3.00 bits per heavy atom. The van der Waals surface area contributed by atoms with Gasteiger partial charge in [0.15, 0.2) is 0 Å².